The average Bonchev–Trinajstić information content (AvgIpc) is 2.68. The number of nitrogens with two attached hydrogens (primary N) is 1. The van der Waals surface area contributed by atoms with Gasteiger partial charge in [-0.1, -0.05) is 13.8 Å². The van der Waals surface area contributed by atoms with E-state index in [0.717, 1.165) is 6.42 Å². The number of hydrogen-bond acceptors (Lipinski definition) is 4. The van der Waals surface area contributed by atoms with Gasteiger partial charge in [0.25, 0.3) is 0 Å². The molecule has 1 unspecified atom stereocenters. The van der Waals surface area contributed by atoms with Crippen molar-refractivity contribution >= 4 is 11.6 Å². The van der Waals surface area contributed by atoms with Gasteiger partial charge in [-0.05, 0) is 24.5 Å². The Bertz CT molecular complexity index is 522. The molecule has 2 aromatic rings. The summed E-state index contributed by atoms with van der Waals surface area (Å²) in [5.74, 6) is 0.689. The van der Waals surface area contributed by atoms with Crippen LogP contribution in [0.5, 0.6) is 0 Å². The monoisotopic (exact) mass is 251 g/mol. The molecule has 5 nitrogen and oxygen atoms in total. The van der Waals surface area contributed by atoms with Crippen molar-refractivity contribution in [3.8, 4) is 0 Å². The Balaban J connectivity index is 2.15. The number of hydrogen-bond donors (Lipinski definition) is 2. The highest BCUT2D eigenvalue weighted by molar-refractivity contribution is 5.43. The molecular formula is C12H18FN5. The van der Waals surface area contributed by atoms with E-state index in [9.17, 15) is 4.39 Å². The lowest BCUT2D eigenvalue weighted by molar-refractivity contribution is 0.519. The Labute approximate surface area is 105 Å². The Kier molecular flexibility index (Phi) is 3.76. The van der Waals surface area contributed by atoms with Gasteiger partial charge in [0.1, 0.15) is 5.82 Å². The van der Waals surface area contributed by atoms with Crippen LogP contribution >= 0.6 is 0 Å². The van der Waals surface area contributed by atoms with Gasteiger partial charge in [-0.2, -0.15) is 4.98 Å². The van der Waals surface area contributed by atoms with Gasteiger partial charge in [-0.3, -0.25) is 0 Å². The van der Waals surface area contributed by atoms with E-state index >= 15 is 0 Å². The van der Waals surface area contributed by atoms with Gasteiger partial charge < -0.3 is 11.1 Å². The SMILES string of the molecule is CC(C)CC(CN)Nc1nc2ccc(F)cn2n1. The molecule has 0 aromatic carbocycles. The summed E-state index contributed by atoms with van der Waals surface area (Å²) in [7, 11) is 0. The Hall–Kier alpha value is -1.69. The molecular weight excluding hydrogens is 233 g/mol. The van der Waals surface area contributed by atoms with Crippen LogP contribution in [0.25, 0.3) is 5.65 Å². The Morgan fingerprint density at radius 1 is 1.44 bits per heavy atom. The van der Waals surface area contributed by atoms with Crippen LogP contribution in [-0.2, 0) is 0 Å². The van der Waals surface area contributed by atoms with Gasteiger partial charge in [0.05, 0.1) is 6.20 Å². The van der Waals surface area contributed by atoms with Crippen molar-refractivity contribution in [2.75, 3.05) is 11.9 Å². The van der Waals surface area contributed by atoms with Gasteiger partial charge in [0, 0.05) is 12.6 Å². The number of rotatable bonds is 5. The summed E-state index contributed by atoms with van der Waals surface area (Å²) in [6.07, 6.45) is 2.24. The second kappa shape index (κ2) is 5.30. The van der Waals surface area contributed by atoms with Gasteiger partial charge >= 0.3 is 0 Å². The molecule has 0 saturated heterocycles. The zero-order valence-electron chi connectivity index (χ0n) is 10.6. The summed E-state index contributed by atoms with van der Waals surface area (Å²) in [5, 5.41) is 7.35. The molecule has 18 heavy (non-hydrogen) atoms. The van der Waals surface area contributed by atoms with E-state index in [4.69, 9.17) is 5.73 Å². The summed E-state index contributed by atoms with van der Waals surface area (Å²) in [6, 6.07) is 3.09. The number of nitrogens with one attached hydrogen (secondary N) is 1. The topological polar surface area (TPSA) is 68.2 Å². The molecule has 0 aliphatic rings. The van der Waals surface area contributed by atoms with Crippen LogP contribution in [0.4, 0.5) is 10.3 Å². The van der Waals surface area contributed by atoms with Crippen LogP contribution in [0.2, 0.25) is 0 Å². The molecule has 2 heterocycles. The van der Waals surface area contributed by atoms with Crippen molar-refractivity contribution in [1.29, 1.82) is 0 Å². The molecule has 0 aliphatic carbocycles. The number of halogens is 1. The second-order valence-corrected chi connectivity index (χ2v) is 4.79. The fourth-order valence-corrected chi connectivity index (χ4v) is 1.88. The third-order valence-corrected chi connectivity index (χ3v) is 2.67. The van der Waals surface area contributed by atoms with Crippen LogP contribution in [0, 0.1) is 11.7 Å². The number of aromatic nitrogens is 3. The molecule has 3 N–H and O–H groups in total. The summed E-state index contributed by atoms with van der Waals surface area (Å²) >= 11 is 0. The quantitative estimate of drug-likeness (QED) is 0.848. The zero-order chi connectivity index (χ0) is 13.1. The van der Waals surface area contributed by atoms with E-state index in [-0.39, 0.29) is 11.9 Å². The highest BCUT2D eigenvalue weighted by atomic mass is 19.1. The van der Waals surface area contributed by atoms with Crippen LogP contribution in [0.1, 0.15) is 20.3 Å². The minimum atomic E-state index is -0.337. The largest absolute Gasteiger partial charge is 0.349 e. The summed E-state index contributed by atoms with van der Waals surface area (Å²) in [6.45, 7) is 4.79. The maximum absolute atomic E-state index is 13.0. The molecule has 0 radical (unpaired) electrons. The highest BCUT2D eigenvalue weighted by Crippen LogP contribution is 2.11. The van der Waals surface area contributed by atoms with E-state index in [2.05, 4.69) is 29.2 Å². The van der Waals surface area contributed by atoms with Gasteiger partial charge in [0.2, 0.25) is 5.95 Å². The standard InChI is InChI=1S/C12H18FN5/c1-8(2)5-10(6-14)15-12-16-11-4-3-9(13)7-18(11)17-12/h3-4,7-8,10H,5-6,14H2,1-2H3,(H,15,17). The first-order valence-corrected chi connectivity index (χ1v) is 6.07. The molecule has 0 spiro atoms. The molecule has 0 fully saturated rings. The predicted octanol–water partition coefficient (Wildman–Crippen LogP) is 1.65. The van der Waals surface area contributed by atoms with E-state index in [0.29, 0.717) is 24.1 Å². The third-order valence-electron chi connectivity index (χ3n) is 2.67. The van der Waals surface area contributed by atoms with Crippen molar-refractivity contribution in [3.05, 3.63) is 24.1 Å². The molecule has 6 heteroatoms. The minimum Gasteiger partial charge on any atom is -0.349 e. The number of pyridine rings is 1. The van der Waals surface area contributed by atoms with Crippen molar-refractivity contribution < 1.29 is 4.39 Å². The fraction of sp³-hybridized carbons (Fsp3) is 0.500. The van der Waals surface area contributed by atoms with E-state index < -0.39 is 0 Å². The smallest absolute Gasteiger partial charge is 0.243 e. The molecule has 2 rings (SSSR count). The normalized spacial score (nSPS) is 13.2. The first kappa shape index (κ1) is 12.8. The minimum absolute atomic E-state index is 0.132. The van der Waals surface area contributed by atoms with Gasteiger partial charge in [-0.15, -0.1) is 5.10 Å². The van der Waals surface area contributed by atoms with E-state index in [1.165, 1.54) is 16.8 Å². The van der Waals surface area contributed by atoms with E-state index in [1.807, 2.05) is 0 Å². The maximum Gasteiger partial charge on any atom is 0.243 e. The summed E-state index contributed by atoms with van der Waals surface area (Å²) < 4.78 is 14.4. The van der Waals surface area contributed by atoms with E-state index in [1.54, 1.807) is 6.07 Å². The van der Waals surface area contributed by atoms with Gasteiger partial charge in [-0.25, -0.2) is 8.91 Å². The highest BCUT2D eigenvalue weighted by Gasteiger charge is 2.12. The molecule has 0 amide bonds. The van der Waals surface area contributed by atoms with Crippen molar-refractivity contribution in [2.24, 2.45) is 11.7 Å². The maximum atomic E-state index is 13.0. The summed E-state index contributed by atoms with van der Waals surface area (Å²) in [4.78, 5) is 4.27. The third kappa shape index (κ3) is 2.95. The molecule has 0 aliphatic heterocycles. The first-order valence-electron chi connectivity index (χ1n) is 6.07. The van der Waals surface area contributed by atoms with Crippen LogP contribution in [0.15, 0.2) is 18.3 Å². The van der Waals surface area contributed by atoms with Crippen molar-refractivity contribution in [3.63, 3.8) is 0 Å². The fourth-order valence-electron chi connectivity index (χ4n) is 1.88. The van der Waals surface area contributed by atoms with Crippen LogP contribution < -0.4 is 11.1 Å². The number of anilines is 1. The average molecular weight is 251 g/mol. The first-order chi connectivity index (χ1) is 8.58. The lowest BCUT2D eigenvalue weighted by Gasteiger charge is -2.17. The second-order valence-electron chi connectivity index (χ2n) is 4.79. The molecule has 98 valence electrons. The molecule has 1 atom stereocenters. The van der Waals surface area contributed by atoms with Crippen LogP contribution in [-0.4, -0.2) is 27.2 Å². The predicted molar refractivity (Wildman–Crippen MR) is 68.9 cm³/mol. The van der Waals surface area contributed by atoms with Crippen molar-refractivity contribution in [1.82, 2.24) is 14.6 Å². The molecule has 0 bridgehead atoms. The van der Waals surface area contributed by atoms with Gasteiger partial charge in [0.15, 0.2) is 5.65 Å². The molecule has 0 saturated carbocycles. The zero-order valence-corrected chi connectivity index (χ0v) is 10.6. The van der Waals surface area contributed by atoms with Crippen molar-refractivity contribution in [2.45, 2.75) is 26.3 Å². The Morgan fingerprint density at radius 2 is 2.22 bits per heavy atom. The Morgan fingerprint density at radius 3 is 2.89 bits per heavy atom. The lowest BCUT2D eigenvalue weighted by Crippen LogP contribution is -2.30. The molecule has 2 aromatic heterocycles. The number of fused-ring (bicyclic) bond motifs is 1. The van der Waals surface area contributed by atoms with Crippen LogP contribution in [0.3, 0.4) is 0 Å². The lowest BCUT2D eigenvalue weighted by atomic mass is 10.0. The summed E-state index contributed by atoms with van der Waals surface area (Å²) in [5.41, 5.74) is 6.31. The number of nitrogens with zero attached hydrogens (tertiary/aromatic N) is 3.